The second-order valence-electron chi connectivity index (χ2n) is 10.2. The third kappa shape index (κ3) is 5.09. The van der Waals surface area contributed by atoms with E-state index in [-0.39, 0.29) is 24.8 Å². The first-order valence-electron chi connectivity index (χ1n) is 12.9. The predicted molar refractivity (Wildman–Crippen MR) is 146 cm³/mol. The Hall–Kier alpha value is -3.46. The third-order valence-corrected chi connectivity index (χ3v) is 8.49. The molecule has 0 radical (unpaired) electrons. The summed E-state index contributed by atoms with van der Waals surface area (Å²) in [5, 5.41) is 37.0. The lowest BCUT2D eigenvalue weighted by Gasteiger charge is -2.22. The van der Waals surface area contributed by atoms with Crippen molar-refractivity contribution < 1.29 is 32.9 Å². The maximum absolute atomic E-state index is 14.7. The van der Waals surface area contributed by atoms with E-state index in [1.54, 1.807) is 13.1 Å². The number of thiazole rings is 1. The number of aliphatic hydroxyl groups excluding tert-OH is 3. The summed E-state index contributed by atoms with van der Waals surface area (Å²) < 4.78 is 58.8. The molecule has 0 unspecified atom stereocenters. The summed E-state index contributed by atoms with van der Waals surface area (Å²) in [4.78, 5) is 17.9. The number of aliphatic hydroxyl groups is 3. The predicted octanol–water partition coefficient (Wildman–Crippen LogP) is 4.32. The number of rotatable bonds is 7. The van der Waals surface area contributed by atoms with Gasteiger partial charge in [0.05, 0.1) is 45.4 Å². The van der Waals surface area contributed by atoms with Crippen LogP contribution >= 0.6 is 11.3 Å². The molecule has 4 aromatic rings. The van der Waals surface area contributed by atoms with E-state index in [1.807, 2.05) is 13.0 Å². The molecule has 5 rings (SSSR count). The van der Waals surface area contributed by atoms with Crippen molar-refractivity contribution in [3.63, 3.8) is 0 Å². The molecule has 9 nitrogen and oxygen atoms in total. The van der Waals surface area contributed by atoms with Gasteiger partial charge < -0.3 is 26.0 Å². The lowest BCUT2D eigenvalue weighted by Crippen LogP contribution is -2.35. The third-order valence-electron chi connectivity index (χ3n) is 7.45. The molecular formula is C27H28F4N6O3S. The zero-order valence-corrected chi connectivity index (χ0v) is 23.3. The van der Waals surface area contributed by atoms with Gasteiger partial charge in [-0.05, 0) is 40.2 Å². The van der Waals surface area contributed by atoms with Crippen LogP contribution in [-0.4, -0.2) is 60.1 Å². The Bertz CT molecular complexity index is 1610. The number of aryl methyl sites for hydroxylation is 2. The smallest absolute Gasteiger partial charge is 0.225 e. The van der Waals surface area contributed by atoms with Crippen LogP contribution in [0.2, 0.25) is 0 Å². The number of pyridine rings is 1. The van der Waals surface area contributed by atoms with Crippen molar-refractivity contribution in [2.75, 3.05) is 17.2 Å². The minimum atomic E-state index is -1.52. The van der Waals surface area contributed by atoms with E-state index >= 15 is 0 Å². The van der Waals surface area contributed by atoms with Crippen molar-refractivity contribution >= 4 is 33.3 Å². The lowest BCUT2D eigenvalue weighted by molar-refractivity contribution is 0.00446. The highest BCUT2D eigenvalue weighted by atomic mass is 32.1. The van der Waals surface area contributed by atoms with Gasteiger partial charge in [0.1, 0.15) is 22.4 Å². The molecule has 14 heteroatoms. The molecule has 1 fully saturated rings. The Morgan fingerprint density at radius 3 is 2.27 bits per heavy atom. The molecule has 1 saturated carbocycles. The van der Waals surface area contributed by atoms with Gasteiger partial charge in [-0.25, -0.2) is 27.5 Å². The summed E-state index contributed by atoms with van der Waals surface area (Å²) in [5.41, 5.74) is 0.656. The number of anilines is 2. The Morgan fingerprint density at radius 2 is 1.66 bits per heavy atom. The first-order chi connectivity index (χ1) is 19.4. The number of halogens is 4. The van der Waals surface area contributed by atoms with E-state index < -0.39 is 64.6 Å². The first kappa shape index (κ1) is 29.0. The van der Waals surface area contributed by atoms with Gasteiger partial charge in [0.2, 0.25) is 5.95 Å². The monoisotopic (exact) mass is 592 g/mol. The molecule has 0 saturated heterocycles. The van der Waals surface area contributed by atoms with Gasteiger partial charge in [-0.3, -0.25) is 4.98 Å². The molecule has 0 amide bonds. The van der Waals surface area contributed by atoms with E-state index in [0.717, 1.165) is 11.6 Å². The van der Waals surface area contributed by atoms with Crippen molar-refractivity contribution in [2.24, 2.45) is 5.92 Å². The standard InChI is InChI=1S/C27H28F4N6O3S/c1-9-18(28)20(30)16(21(31)19(9)29)10(2)33-27-34-11(3)17(26-36-22-12(4)32-6-5-15(22)41-26)25(37-27)35-14-7-13(8-38)23(39)24(14)40/h5-6,10,13-14,23-24,38-40H,7-8H2,1-4H3,(H2,33,34,35,37)/t10-,13-,14-,23-,24+/m1/s1. The van der Waals surface area contributed by atoms with Gasteiger partial charge in [0.25, 0.3) is 0 Å². The van der Waals surface area contributed by atoms with Crippen LogP contribution in [0, 0.1) is 50.0 Å². The highest BCUT2D eigenvalue weighted by molar-refractivity contribution is 7.21. The van der Waals surface area contributed by atoms with Crippen molar-refractivity contribution in [1.82, 2.24) is 19.9 Å². The topological polar surface area (TPSA) is 136 Å². The van der Waals surface area contributed by atoms with Crippen LogP contribution in [0.4, 0.5) is 29.3 Å². The number of nitrogens with one attached hydrogen (secondary N) is 2. The van der Waals surface area contributed by atoms with Crippen LogP contribution in [0.15, 0.2) is 12.3 Å². The summed E-state index contributed by atoms with van der Waals surface area (Å²) in [6.07, 6.45) is -0.512. The van der Waals surface area contributed by atoms with Crippen LogP contribution in [0.3, 0.4) is 0 Å². The van der Waals surface area contributed by atoms with Gasteiger partial charge in [-0.15, -0.1) is 11.3 Å². The molecule has 1 aromatic carbocycles. The van der Waals surface area contributed by atoms with Crippen LogP contribution < -0.4 is 10.6 Å². The summed E-state index contributed by atoms with van der Waals surface area (Å²) >= 11 is 1.36. The minimum absolute atomic E-state index is 0.118. The SMILES string of the molecule is Cc1nc(N[C@H](C)c2c(F)c(F)c(C)c(F)c2F)nc(N[C@@H]2C[C@H](CO)[C@@H](O)[C@H]2O)c1-c1nc2c(C)nccc2s1. The molecule has 0 spiro atoms. The summed E-state index contributed by atoms with van der Waals surface area (Å²) in [6.45, 7) is 5.40. The zero-order valence-electron chi connectivity index (χ0n) is 22.5. The fraction of sp³-hybridized carbons (Fsp3) is 0.407. The molecule has 1 aliphatic carbocycles. The summed E-state index contributed by atoms with van der Waals surface area (Å²) in [7, 11) is 0. The van der Waals surface area contributed by atoms with E-state index in [9.17, 15) is 32.9 Å². The number of aromatic nitrogens is 4. The van der Waals surface area contributed by atoms with Gasteiger partial charge in [-0.2, -0.15) is 4.98 Å². The molecule has 1 aliphatic rings. The van der Waals surface area contributed by atoms with Gasteiger partial charge in [-0.1, -0.05) is 0 Å². The van der Waals surface area contributed by atoms with E-state index in [0.29, 0.717) is 27.5 Å². The minimum Gasteiger partial charge on any atom is -0.396 e. The van der Waals surface area contributed by atoms with Gasteiger partial charge >= 0.3 is 0 Å². The van der Waals surface area contributed by atoms with Crippen molar-refractivity contribution in [3.05, 3.63) is 58.0 Å². The molecule has 3 aromatic heterocycles. The van der Waals surface area contributed by atoms with Crippen LogP contribution in [-0.2, 0) is 0 Å². The number of hydrogen-bond donors (Lipinski definition) is 5. The molecule has 3 heterocycles. The van der Waals surface area contributed by atoms with E-state index in [2.05, 4.69) is 25.6 Å². The maximum atomic E-state index is 14.7. The molecule has 5 N–H and O–H groups in total. The Morgan fingerprint density at radius 1 is 0.976 bits per heavy atom. The second-order valence-corrected chi connectivity index (χ2v) is 11.2. The number of hydrogen-bond acceptors (Lipinski definition) is 10. The van der Waals surface area contributed by atoms with Gasteiger partial charge in [0, 0.05) is 24.3 Å². The molecule has 41 heavy (non-hydrogen) atoms. The fourth-order valence-corrected chi connectivity index (χ4v) is 6.23. The van der Waals surface area contributed by atoms with Crippen LogP contribution in [0.25, 0.3) is 20.8 Å². The molecule has 5 atom stereocenters. The number of fused-ring (bicyclic) bond motifs is 1. The lowest BCUT2D eigenvalue weighted by atomic mass is 10.0. The summed E-state index contributed by atoms with van der Waals surface area (Å²) in [6, 6.07) is -0.184. The highest BCUT2D eigenvalue weighted by Crippen LogP contribution is 2.39. The molecule has 0 bridgehead atoms. The average molecular weight is 593 g/mol. The number of nitrogens with zero attached hydrogens (tertiary/aromatic N) is 4. The zero-order chi connectivity index (χ0) is 29.7. The van der Waals surface area contributed by atoms with Gasteiger partial charge in [0.15, 0.2) is 23.3 Å². The van der Waals surface area contributed by atoms with Crippen molar-refractivity contribution in [1.29, 1.82) is 0 Å². The Balaban J connectivity index is 1.58. The molecule has 218 valence electrons. The number of benzene rings is 1. The second kappa shape index (κ2) is 11.1. The average Bonchev–Trinajstić information content (AvgIpc) is 3.48. The fourth-order valence-electron chi connectivity index (χ4n) is 5.12. The van der Waals surface area contributed by atoms with Crippen molar-refractivity contribution in [3.8, 4) is 10.6 Å². The Labute approximate surface area is 236 Å². The first-order valence-corrected chi connectivity index (χ1v) is 13.7. The van der Waals surface area contributed by atoms with Crippen LogP contribution in [0.5, 0.6) is 0 Å². The molecule has 0 aliphatic heterocycles. The van der Waals surface area contributed by atoms with Crippen molar-refractivity contribution in [2.45, 2.75) is 58.4 Å². The van der Waals surface area contributed by atoms with E-state index in [1.165, 1.54) is 18.3 Å². The normalized spacial score (nSPS) is 21.4. The maximum Gasteiger partial charge on any atom is 0.225 e. The largest absolute Gasteiger partial charge is 0.396 e. The quantitative estimate of drug-likeness (QED) is 0.157. The summed E-state index contributed by atoms with van der Waals surface area (Å²) in [5.74, 6) is -6.53. The highest BCUT2D eigenvalue weighted by Gasteiger charge is 2.41. The van der Waals surface area contributed by atoms with Crippen LogP contribution in [0.1, 0.15) is 41.9 Å². The van der Waals surface area contributed by atoms with E-state index in [4.69, 9.17) is 4.98 Å². The molecular weight excluding hydrogens is 564 g/mol. The Kier molecular flexibility index (Phi) is 7.85.